The molecule has 0 N–H and O–H groups in total. The highest BCUT2D eigenvalue weighted by Gasteiger charge is 2.25. The van der Waals surface area contributed by atoms with E-state index in [1.165, 1.54) is 0 Å². The number of amides is 1. The number of rotatable bonds is 6. The number of aromatic nitrogens is 1. The lowest BCUT2D eigenvalue weighted by Gasteiger charge is -2.25. The van der Waals surface area contributed by atoms with E-state index in [1.54, 1.807) is 26.2 Å². The molecule has 0 spiro atoms. The van der Waals surface area contributed by atoms with E-state index in [0.29, 0.717) is 49.9 Å². The number of carbonyl (C=O) groups excluding carboxylic acids is 1. The van der Waals surface area contributed by atoms with Gasteiger partial charge in [-0.25, -0.2) is 4.98 Å². The molecule has 1 amide bonds. The molecule has 1 aliphatic rings. The molecule has 0 saturated heterocycles. The van der Waals surface area contributed by atoms with E-state index in [0.717, 1.165) is 17.0 Å². The summed E-state index contributed by atoms with van der Waals surface area (Å²) in [7, 11) is 4.77. The van der Waals surface area contributed by atoms with Gasteiger partial charge in [0.25, 0.3) is 0 Å². The van der Waals surface area contributed by atoms with E-state index < -0.39 is 0 Å². The van der Waals surface area contributed by atoms with Crippen LogP contribution in [0.15, 0.2) is 22.6 Å². The van der Waals surface area contributed by atoms with E-state index in [1.807, 2.05) is 18.2 Å². The number of carbonyl (C=O) groups is 1. The minimum Gasteiger partial charge on any atom is -0.493 e. The van der Waals surface area contributed by atoms with Crippen molar-refractivity contribution in [2.24, 2.45) is 0 Å². The first kappa shape index (κ1) is 17.3. The second kappa shape index (κ2) is 7.57. The third-order valence-electron chi connectivity index (χ3n) is 4.20. The van der Waals surface area contributed by atoms with Gasteiger partial charge in [0.05, 0.1) is 27.2 Å². The van der Waals surface area contributed by atoms with Crippen LogP contribution >= 0.6 is 0 Å². The van der Waals surface area contributed by atoms with Crippen molar-refractivity contribution in [2.75, 3.05) is 27.9 Å². The van der Waals surface area contributed by atoms with Gasteiger partial charge >= 0.3 is 0 Å². The van der Waals surface area contributed by atoms with Crippen LogP contribution in [0.3, 0.4) is 0 Å². The molecule has 1 aromatic carbocycles. The average molecular weight is 346 g/mol. The van der Waals surface area contributed by atoms with Crippen molar-refractivity contribution >= 4 is 5.91 Å². The number of nitrogens with zero attached hydrogens (tertiary/aromatic N) is 2. The van der Waals surface area contributed by atoms with E-state index in [4.69, 9.17) is 18.6 Å². The van der Waals surface area contributed by atoms with Crippen molar-refractivity contribution in [3.05, 3.63) is 41.1 Å². The van der Waals surface area contributed by atoms with Crippen LogP contribution in [0.5, 0.6) is 11.5 Å². The molecule has 0 aliphatic carbocycles. The first-order valence-electron chi connectivity index (χ1n) is 8.09. The maximum Gasteiger partial charge on any atom is 0.227 e. The minimum absolute atomic E-state index is 0.0501. The summed E-state index contributed by atoms with van der Waals surface area (Å²) in [5.74, 6) is 2.72. The Balaban J connectivity index is 1.67. The second-order valence-corrected chi connectivity index (χ2v) is 5.84. The van der Waals surface area contributed by atoms with Gasteiger partial charge in [0, 0.05) is 20.1 Å². The van der Waals surface area contributed by atoms with Crippen LogP contribution < -0.4 is 9.47 Å². The molecule has 1 aromatic heterocycles. The number of benzene rings is 1. The molecule has 0 fully saturated rings. The Morgan fingerprint density at radius 2 is 2.04 bits per heavy atom. The highest BCUT2D eigenvalue weighted by molar-refractivity contribution is 5.79. The van der Waals surface area contributed by atoms with Crippen molar-refractivity contribution in [1.29, 1.82) is 0 Å². The summed E-state index contributed by atoms with van der Waals surface area (Å²) in [5.41, 5.74) is 1.70. The monoisotopic (exact) mass is 346 g/mol. The molecule has 25 heavy (non-hydrogen) atoms. The van der Waals surface area contributed by atoms with Crippen LogP contribution in [0.25, 0.3) is 0 Å². The Kier molecular flexibility index (Phi) is 5.23. The molecule has 0 unspecified atom stereocenters. The van der Waals surface area contributed by atoms with Gasteiger partial charge in [-0.15, -0.1) is 0 Å². The van der Waals surface area contributed by atoms with Crippen LogP contribution in [-0.2, 0) is 35.5 Å². The van der Waals surface area contributed by atoms with E-state index in [-0.39, 0.29) is 5.91 Å². The predicted molar refractivity (Wildman–Crippen MR) is 89.6 cm³/mol. The third-order valence-corrected chi connectivity index (χ3v) is 4.20. The molecule has 7 nitrogen and oxygen atoms in total. The molecule has 2 aromatic rings. The summed E-state index contributed by atoms with van der Waals surface area (Å²) in [6.45, 7) is 1.43. The van der Waals surface area contributed by atoms with Crippen LogP contribution in [0.4, 0.5) is 0 Å². The quantitative estimate of drug-likeness (QED) is 0.796. The number of hydrogen-bond donors (Lipinski definition) is 0. The fourth-order valence-corrected chi connectivity index (χ4v) is 2.93. The highest BCUT2D eigenvalue weighted by Crippen LogP contribution is 2.28. The predicted octanol–water partition coefficient (Wildman–Crippen LogP) is 1.97. The normalized spacial score (nSPS) is 13.5. The number of hydrogen-bond acceptors (Lipinski definition) is 6. The van der Waals surface area contributed by atoms with Crippen molar-refractivity contribution in [1.82, 2.24) is 9.88 Å². The SMILES string of the molecule is COCc1nc2c(o1)CCN(C(=O)Cc1ccc(OC)c(OC)c1)C2. The summed E-state index contributed by atoms with van der Waals surface area (Å²) < 4.78 is 21.2. The molecule has 0 saturated carbocycles. The summed E-state index contributed by atoms with van der Waals surface area (Å²) in [5, 5.41) is 0. The Morgan fingerprint density at radius 1 is 1.24 bits per heavy atom. The molecule has 7 heteroatoms. The van der Waals surface area contributed by atoms with Gasteiger partial charge in [-0.05, 0) is 17.7 Å². The van der Waals surface area contributed by atoms with Gasteiger partial charge in [-0.1, -0.05) is 6.07 Å². The first-order chi connectivity index (χ1) is 12.1. The van der Waals surface area contributed by atoms with Gasteiger partial charge in [-0.2, -0.15) is 0 Å². The van der Waals surface area contributed by atoms with Gasteiger partial charge in [-0.3, -0.25) is 4.79 Å². The molecule has 3 rings (SSSR count). The fourth-order valence-electron chi connectivity index (χ4n) is 2.93. The van der Waals surface area contributed by atoms with E-state index in [9.17, 15) is 4.79 Å². The lowest BCUT2D eigenvalue weighted by atomic mass is 10.1. The zero-order valence-electron chi connectivity index (χ0n) is 14.7. The van der Waals surface area contributed by atoms with Crippen LogP contribution in [0, 0.1) is 0 Å². The van der Waals surface area contributed by atoms with E-state index >= 15 is 0 Å². The molecular weight excluding hydrogens is 324 g/mol. The minimum atomic E-state index is 0.0501. The largest absolute Gasteiger partial charge is 0.493 e. The third kappa shape index (κ3) is 3.76. The molecule has 1 aliphatic heterocycles. The topological polar surface area (TPSA) is 74.0 Å². The Morgan fingerprint density at radius 3 is 2.76 bits per heavy atom. The molecular formula is C18H22N2O5. The van der Waals surface area contributed by atoms with Crippen LogP contribution in [0.1, 0.15) is 22.9 Å². The van der Waals surface area contributed by atoms with Crippen LogP contribution in [-0.4, -0.2) is 43.7 Å². The summed E-state index contributed by atoms with van der Waals surface area (Å²) >= 11 is 0. The standard InChI is InChI=1S/C18H22N2O5/c1-22-11-17-19-13-10-20(7-6-14(13)25-17)18(21)9-12-4-5-15(23-2)16(8-12)24-3/h4-5,8H,6-7,9-11H2,1-3H3. The number of oxazole rings is 1. The van der Waals surface area contributed by atoms with Crippen molar-refractivity contribution < 1.29 is 23.4 Å². The lowest BCUT2D eigenvalue weighted by Crippen LogP contribution is -2.36. The molecule has 134 valence electrons. The van der Waals surface area contributed by atoms with Crippen LogP contribution in [0.2, 0.25) is 0 Å². The van der Waals surface area contributed by atoms with Gasteiger partial charge in [0.15, 0.2) is 11.5 Å². The Bertz CT molecular complexity index is 756. The zero-order chi connectivity index (χ0) is 17.8. The Labute approximate surface area is 146 Å². The van der Waals surface area contributed by atoms with Gasteiger partial charge in [0.2, 0.25) is 11.8 Å². The summed E-state index contributed by atoms with van der Waals surface area (Å²) in [6, 6.07) is 5.52. The van der Waals surface area contributed by atoms with Crippen molar-refractivity contribution in [3.63, 3.8) is 0 Å². The average Bonchev–Trinajstić information content (AvgIpc) is 3.03. The second-order valence-electron chi connectivity index (χ2n) is 5.84. The van der Waals surface area contributed by atoms with E-state index in [2.05, 4.69) is 4.98 Å². The molecule has 2 heterocycles. The number of fused-ring (bicyclic) bond motifs is 1. The molecule has 0 atom stereocenters. The van der Waals surface area contributed by atoms with Crippen molar-refractivity contribution in [2.45, 2.75) is 26.0 Å². The summed E-state index contributed by atoms with van der Waals surface area (Å²) in [6.07, 6.45) is 0.974. The summed E-state index contributed by atoms with van der Waals surface area (Å²) in [4.78, 5) is 18.8. The fraction of sp³-hybridized carbons (Fsp3) is 0.444. The molecule has 0 radical (unpaired) electrons. The maximum atomic E-state index is 12.6. The number of ether oxygens (including phenoxy) is 3. The zero-order valence-corrected chi connectivity index (χ0v) is 14.7. The smallest absolute Gasteiger partial charge is 0.227 e. The lowest BCUT2D eigenvalue weighted by molar-refractivity contribution is -0.131. The number of methoxy groups -OCH3 is 3. The van der Waals surface area contributed by atoms with Crippen molar-refractivity contribution in [3.8, 4) is 11.5 Å². The van der Waals surface area contributed by atoms with Gasteiger partial charge in [0.1, 0.15) is 18.1 Å². The van der Waals surface area contributed by atoms with Gasteiger partial charge < -0.3 is 23.5 Å². The first-order valence-corrected chi connectivity index (χ1v) is 8.09. The maximum absolute atomic E-state index is 12.6. The Hall–Kier alpha value is -2.54. The highest BCUT2D eigenvalue weighted by atomic mass is 16.5. The molecule has 0 bridgehead atoms.